The van der Waals surface area contributed by atoms with Crippen LogP contribution < -0.4 is 0 Å². The first-order chi connectivity index (χ1) is 12.5. The van der Waals surface area contributed by atoms with Crippen LogP contribution in [0.5, 0.6) is 0 Å². The van der Waals surface area contributed by atoms with Gasteiger partial charge in [-0.3, -0.25) is 0 Å². The van der Waals surface area contributed by atoms with Crippen molar-refractivity contribution in [1.82, 2.24) is 8.18 Å². The summed E-state index contributed by atoms with van der Waals surface area (Å²) < 4.78 is 2.40. The molecule has 26 heavy (non-hydrogen) atoms. The third-order valence-corrected chi connectivity index (χ3v) is 3.82. The number of rotatable bonds is 8. The van der Waals surface area contributed by atoms with Crippen LogP contribution in [0.2, 0.25) is 0 Å². The molecular weight excluding hydrogens is 468 g/mol. The number of hydroxylamine groups is 2. The maximum absolute atomic E-state index is 11.7. The first kappa shape index (κ1) is 20.3. The lowest BCUT2D eigenvalue weighted by molar-refractivity contribution is -0.163. The predicted octanol–water partition coefficient (Wildman–Crippen LogP) is 4.08. The van der Waals surface area contributed by atoms with E-state index in [-0.39, 0.29) is 0 Å². The highest BCUT2D eigenvalue weighted by Crippen LogP contribution is 2.11. The Morgan fingerprint density at radius 1 is 0.731 bits per heavy atom. The quantitative estimate of drug-likeness (QED) is 0.320. The molecule has 0 aliphatic carbocycles. The number of carbonyl (C=O) groups excluding carboxylic acids is 2. The molecule has 0 amide bonds. The smallest absolute Gasteiger partial charge is 0.350 e. The lowest BCUT2D eigenvalue weighted by atomic mass is 10.2. The second-order valence-corrected chi connectivity index (χ2v) is 6.66. The molecule has 0 bridgehead atoms. The minimum atomic E-state index is -0.709. The molecule has 0 aliphatic heterocycles. The number of hydrogen-bond donors (Lipinski definition) is 0. The van der Waals surface area contributed by atoms with Gasteiger partial charge < -0.3 is 9.68 Å². The highest BCUT2D eigenvalue weighted by Gasteiger charge is 2.10. The molecule has 0 aromatic heterocycles. The molecular formula is C18H16Br2N2O4. The average molecular weight is 484 g/mol. The number of benzene rings is 2. The van der Waals surface area contributed by atoms with E-state index >= 15 is 0 Å². The van der Waals surface area contributed by atoms with E-state index in [1.165, 1.54) is 8.18 Å². The molecule has 2 aromatic rings. The Morgan fingerprint density at radius 2 is 1.08 bits per heavy atom. The summed E-state index contributed by atoms with van der Waals surface area (Å²) in [6.45, 7) is 0.717. The lowest BCUT2D eigenvalue weighted by Crippen LogP contribution is -2.18. The summed E-state index contributed by atoms with van der Waals surface area (Å²) in [5.74, 6) is -1.42. The van der Waals surface area contributed by atoms with Crippen LogP contribution in [0.25, 0.3) is 0 Å². The van der Waals surface area contributed by atoms with Gasteiger partial charge in [0.2, 0.25) is 0 Å². The Morgan fingerprint density at radius 3 is 1.42 bits per heavy atom. The zero-order valence-corrected chi connectivity index (χ0v) is 16.8. The Kier molecular flexibility index (Phi) is 8.49. The van der Waals surface area contributed by atoms with Gasteiger partial charge in [-0.2, -0.15) is 0 Å². The third kappa shape index (κ3) is 7.92. The van der Waals surface area contributed by atoms with Gasteiger partial charge in [0, 0.05) is 12.2 Å². The van der Waals surface area contributed by atoms with Gasteiger partial charge in [0.25, 0.3) is 0 Å². The summed E-state index contributed by atoms with van der Waals surface area (Å²) in [4.78, 5) is 33.4. The summed E-state index contributed by atoms with van der Waals surface area (Å²) >= 11 is 6.25. The van der Waals surface area contributed by atoms with Crippen LogP contribution in [-0.2, 0) is 32.4 Å². The molecule has 0 N–H and O–H groups in total. The Hall–Kier alpha value is -2.00. The van der Waals surface area contributed by atoms with E-state index in [4.69, 9.17) is 9.68 Å². The fourth-order valence-corrected chi connectivity index (χ4v) is 2.78. The molecule has 0 saturated carbocycles. The van der Waals surface area contributed by atoms with Crippen LogP contribution in [0.4, 0.5) is 0 Å². The van der Waals surface area contributed by atoms with E-state index in [0.717, 1.165) is 23.3 Å². The minimum absolute atomic E-state index is 0.358. The monoisotopic (exact) mass is 482 g/mol. The Balaban J connectivity index is 1.73. The zero-order chi connectivity index (χ0) is 18.8. The van der Waals surface area contributed by atoms with Gasteiger partial charge in [0.1, 0.15) is 0 Å². The van der Waals surface area contributed by atoms with E-state index in [1.54, 1.807) is 0 Å². The van der Waals surface area contributed by atoms with Gasteiger partial charge in [-0.15, -0.1) is 0 Å². The van der Waals surface area contributed by atoms with Crippen molar-refractivity contribution in [1.29, 1.82) is 0 Å². The third-order valence-electron chi connectivity index (χ3n) is 3.03. The highest BCUT2D eigenvalue weighted by molar-refractivity contribution is 9.07. The number of halogens is 2. The van der Waals surface area contributed by atoms with Crippen LogP contribution in [0, 0.1) is 0 Å². The molecule has 0 unspecified atom stereocenters. The first-order valence-corrected chi connectivity index (χ1v) is 9.01. The van der Waals surface area contributed by atoms with Gasteiger partial charge in [-0.05, 0) is 11.1 Å². The minimum Gasteiger partial charge on any atom is -0.353 e. The second kappa shape index (κ2) is 10.9. The van der Waals surface area contributed by atoms with Crippen molar-refractivity contribution < 1.29 is 19.3 Å². The molecule has 0 heterocycles. The molecule has 2 rings (SSSR count). The molecule has 0 saturated heterocycles. The largest absolute Gasteiger partial charge is 0.353 e. The van der Waals surface area contributed by atoms with Gasteiger partial charge >= 0.3 is 11.9 Å². The van der Waals surface area contributed by atoms with Crippen molar-refractivity contribution in [2.45, 2.75) is 13.1 Å². The van der Waals surface area contributed by atoms with Crippen molar-refractivity contribution in [2.75, 3.05) is 0 Å². The molecule has 0 aliphatic rings. The normalized spacial score (nSPS) is 11.1. The van der Waals surface area contributed by atoms with E-state index in [2.05, 4.69) is 32.3 Å². The van der Waals surface area contributed by atoms with Gasteiger partial charge in [-0.1, -0.05) is 68.8 Å². The van der Waals surface area contributed by atoms with Crippen molar-refractivity contribution in [2.24, 2.45) is 0 Å². The standard InChI is InChI=1S/C18H16Br2N2O4/c19-21(13-15-7-3-1-4-8-15)25-17(23)11-12-18(24)26-22(20)14-16-9-5-2-6-10-16/h1-12H,13-14H2/b12-11+. The number of carbonyl (C=O) groups is 2. The molecule has 2 aromatic carbocycles. The predicted molar refractivity (Wildman–Crippen MR) is 103 cm³/mol. The maximum atomic E-state index is 11.7. The summed E-state index contributed by atoms with van der Waals surface area (Å²) in [7, 11) is 0. The maximum Gasteiger partial charge on any atom is 0.350 e. The summed E-state index contributed by atoms with van der Waals surface area (Å²) in [5, 5.41) is 0. The van der Waals surface area contributed by atoms with E-state index in [0.29, 0.717) is 13.1 Å². The van der Waals surface area contributed by atoms with E-state index in [9.17, 15) is 9.59 Å². The van der Waals surface area contributed by atoms with Crippen molar-refractivity contribution in [3.8, 4) is 0 Å². The molecule has 0 radical (unpaired) electrons. The van der Waals surface area contributed by atoms with Gasteiger partial charge in [0.05, 0.1) is 45.4 Å². The molecule has 136 valence electrons. The summed E-state index contributed by atoms with van der Waals surface area (Å²) in [6, 6.07) is 18.9. The molecule has 0 atom stereocenters. The molecule has 0 spiro atoms. The molecule has 0 fully saturated rings. The highest BCUT2D eigenvalue weighted by atomic mass is 79.9. The lowest BCUT2D eigenvalue weighted by Gasteiger charge is -2.13. The molecule has 6 nitrogen and oxygen atoms in total. The summed E-state index contributed by atoms with van der Waals surface area (Å²) in [6.07, 6.45) is 1.98. The zero-order valence-electron chi connectivity index (χ0n) is 13.6. The van der Waals surface area contributed by atoms with Crippen molar-refractivity contribution in [3.05, 3.63) is 83.9 Å². The van der Waals surface area contributed by atoms with Crippen LogP contribution >= 0.6 is 32.3 Å². The summed E-state index contributed by atoms with van der Waals surface area (Å²) in [5.41, 5.74) is 1.91. The number of hydrogen-bond acceptors (Lipinski definition) is 6. The van der Waals surface area contributed by atoms with Crippen LogP contribution in [0.15, 0.2) is 72.8 Å². The average Bonchev–Trinajstić information content (AvgIpc) is 2.61. The Bertz CT molecular complexity index is 678. The van der Waals surface area contributed by atoms with Gasteiger partial charge in [0.15, 0.2) is 0 Å². The van der Waals surface area contributed by atoms with Gasteiger partial charge in [-0.25, -0.2) is 9.59 Å². The van der Waals surface area contributed by atoms with Crippen molar-refractivity contribution >= 4 is 44.2 Å². The SMILES string of the molecule is O=C(/C=C/C(=O)ON(Br)Cc1ccccc1)ON(Br)Cc1ccccc1. The van der Waals surface area contributed by atoms with Crippen LogP contribution in [-0.4, -0.2) is 20.1 Å². The second-order valence-electron chi connectivity index (χ2n) is 5.08. The fraction of sp³-hybridized carbons (Fsp3) is 0.111. The number of nitrogens with zero attached hydrogens (tertiary/aromatic N) is 2. The van der Waals surface area contributed by atoms with Crippen molar-refractivity contribution in [3.63, 3.8) is 0 Å². The van der Waals surface area contributed by atoms with Crippen LogP contribution in [0.1, 0.15) is 11.1 Å². The fourth-order valence-electron chi connectivity index (χ4n) is 1.91. The Labute approximate surface area is 168 Å². The molecule has 8 heteroatoms. The van der Waals surface area contributed by atoms with E-state index < -0.39 is 11.9 Å². The van der Waals surface area contributed by atoms with Crippen LogP contribution in [0.3, 0.4) is 0 Å². The van der Waals surface area contributed by atoms with E-state index in [1.807, 2.05) is 60.7 Å². The first-order valence-electron chi connectivity index (χ1n) is 7.59. The topological polar surface area (TPSA) is 59.1 Å².